The first-order valence-corrected chi connectivity index (χ1v) is 4.63. The maximum Gasteiger partial charge on any atom is 0.343 e. The van der Waals surface area contributed by atoms with Crippen LogP contribution < -0.4 is 5.69 Å². The maximum absolute atomic E-state index is 13.0. The summed E-state index contributed by atoms with van der Waals surface area (Å²) in [6, 6.07) is 6.00. The lowest BCUT2D eigenvalue weighted by Crippen LogP contribution is -2.16. The molecule has 0 bridgehead atoms. The summed E-state index contributed by atoms with van der Waals surface area (Å²) in [5.41, 5.74) is 0.312. The Balaban J connectivity index is 2.59. The van der Waals surface area contributed by atoms with Crippen molar-refractivity contribution in [1.29, 1.82) is 0 Å². The molecule has 78 valence electrons. The van der Waals surface area contributed by atoms with E-state index in [1.807, 2.05) is 6.92 Å². The maximum atomic E-state index is 13.0. The number of H-pyrrole nitrogens is 1. The van der Waals surface area contributed by atoms with Crippen LogP contribution in [0.1, 0.15) is 6.92 Å². The fourth-order valence-electron chi connectivity index (χ4n) is 1.46. The SMILES string of the molecule is CCn1c(-c2cccc(F)c2)n[nH]c1=O. The minimum Gasteiger partial charge on any atom is -0.275 e. The van der Waals surface area contributed by atoms with Crippen LogP contribution in [0.25, 0.3) is 11.4 Å². The summed E-state index contributed by atoms with van der Waals surface area (Å²) >= 11 is 0. The Morgan fingerprint density at radius 3 is 3.00 bits per heavy atom. The van der Waals surface area contributed by atoms with Gasteiger partial charge in [0.15, 0.2) is 5.82 Å². The summed E-state index contributed by atoms with van der Waals surface area (Å²) < 4.78 is 14.4. The topological polar surface area (TPSA) is 50.7 Å². The Labute approximate surface area is 85.4 Å². The van der Waals surface area contributed by atoms with Gasteiger partial charge < -0.3 is 0 Å². The molecule has 0 amide bonds. The predicted octanol–water partition coefficient (Wildman–Crippen LogP) is 1.40. The van der Waals surface area contributed by atoms with Gasteiger partial charge in [0.25, 0.3) is 0 Å². The fourth-order valence-corrected chi connectivity index (χ4v) is 1.46. The monoisotopic (exact) mass is 207 g/mol. The number of hydrogen-bond acceptors (Lipinski definition) is 2. The molecule has 0 unspecified atom stereocenters. The number of rotatable bonds is 2. The van der Waals surface area contributed by atoms with Crippen LogP contribution in [0.5, 0.6) is 0 Å². The average Bonchev–Trinajstić information content (AvgIpc) is 2.59. The third-order valence-electron chi connectivity index (χ3n) is 2.16. The minimum atomic E-state index is -0.342. The molecule has 1 aromatic heterocycles. The lowest BCUT2D eigenvalue weighted by Gasteiger charge is -2.01. The van der Waals surface area contributed by atoms with E-state index >= 15 is 0 Å². The Hall–Kier alpha value is -1.91. The second-order valence-corrected chi connectivity index (χ2v) is 3.11. The van der Waals surface area contributed by atoms with Gasteiger partial charge in [-0.25, -0.2) is 14.3 Å². The molecule has 0 atom stereocenters. The molecule has 4 nitrogen and oxygen atoms in total. The average molecular weight is 207 g/mol. The molecule has 5 heteroatoms. The highest BCUT2D eigenvalue weighted by atomic mass is 19.1. The molecule has 1 aromatic carbocycles. The molecule has 0 radical (unpaired) electrons. The van der Waals surface area contributed by atoms with Crippen LogP contribution in [-0.2, 0) is 6.54 Å². The van der Waals surface area contributed by atoms with Crippen LogP contribution in [0, 0.1) is 5.82 Å². The van der Waals surface area contributed by atoms with Gasteiger partial charge in [-0.05, 0) is 19.1 Å². The van der Waals surface area contributed by atoms with Gasteiger partial charge in [0.05, 0.1) is 0 Å². The van der Waals surface area contributed by atoms with Crippen LogP contribution in [0.4, 0.5) is 4.39 Å². The van der Waals surface area contributed by atoms with E-state index in [9.17, 15) is 9.18 Å². The summed E-state index contributed by atoms with van der Waals surface area (Å²) in [5, 5.41) is 6.20. The molecule has 0 spiro atoms. The van der Waals surface area contributed by atoms with Crippen molar-refractivity contribution in [2.45, 2.75) is 13.5 Å². The molecule has 0 saturated heterocycles. The molecule has 15 heavy (non-hydrogen) atoms. The van der Waals surface area contributed by atoms with Gasteiger partial charge in [-0.1, -0.05) is 12.1 Å². The zero-order valence-electron chi connectivity index (χ0n) is 8.20. The van der Waals surface area contributed by atoms with Gasteiger partial charge in [0, 0.05) is 12.1 Å². The number of benzene rings is 1. The molecule has 0 aliphatic carbocycles. The van der Waals surface area contributed by atoms with Gasteiger partial charge in [0.1, 0.15) is 5.82 Å². The molecule has 2 rings (SSSR count). The van der Waals surface area contributed by atoms with Crippen LogP contribution in [-0.4, -0.2) is 14.8 Å². The van der Waals surface area contributed by atoms with Crippen molar-refractivity contribution in [3.05, 3.63) is 40.6 Å². The zero-order chi connectivity index (χ0) is 10.8. The smallest absolute Gasteiger partial charge is 0.275 e. The number of nitrogens with one attached hydrogen (secondary N) is 1. The van der Waals surface area contributed by atoms with Crippen molar-refractivity contribution < 1.29 is 4.39 Å². The van der Waals surface area contributed by atoms with Gasteiger partial charge in [-0.15, -0.1) is 0 Å². The van der Waals surface area contributed by atoms with E-state index in [2.05, 4.69) is 10.2 Å². The molecule has 1 N–H and O–H groups in total. The molecule has 1 heterocycles. The summed E-state index contributed by atoms with van der Waals surface area (Å²) in [7, 11) is 0. The lowest BCUT2D eigenvalue weighted by atomic mass is 10.2. The van der Waals surface area contributed by atoms with Crippen LogP contribution in [0.2, 0.25) is 0 Å². The first-order chi connectivity index (χ1) is 7.22. The summed E-state index contributed by atoms with van der Waals surface area (Å²) in [6.45, 7) is 2.33. The molecule has 2 aromatic rings. The Kier molecular flexibility index (Phi) is 2.37. The highest BCUT2D eigenvalue weighted by Crippen LogP contribution is 2.15. The van der Waals surface area contributed by atoms with Crippen molar-refractivity contribution in [3.63, 3.8) is 0 Å². The van der Waals surface area contributed by atoms with Crippen molar-refractivity contribution in [3.8, 4) is 11.4 Å². The first kappa shape index (κ1) is 9.64. The van der Waals surface area contributed by atoms with Crippen molar-refractivity contribution >= 4 is 0 Å². The minimum absolute atomic E-state index is 0.281. The third kappa shape index (κ3) is 1.68. The quantitative estimate of drug-likeness (QED) is 0.809. The lowest BCUT2D eigenvalue weighted by molar-refractivity contribution is 0.627. The summed E-state index contributed by atoms with van der Waals surface area (Å²) in [4.78, 5) is 11.3. The van der Waals surface area contributed by atoms with Gasteiger partial charge >= 0.3 is 5.69 Å². The van der Waals surface area contributed by atoms with E-state index < -0.39 is 0 Å². The second-order valence-electron chi connectivity index (χ2n) is 3.11. The molecular weight excluding hydrogens is 197 g/mol. The van der Waals surface area contributed by atoms with Gasteiger partial charge in [-0.2, -0.15) is 5.10 Å². The molecule has 0 fully saturated rings. The summed E-state index contributed by atoms with van der Waals surface area (Å²) in [6.07, 6.45) is 0. The number of nitrogens with zero attached hydrogens (tertiary/aromatic N) is 2. The first-order valence-electron chi connectivity index (χ1n) is 4.63. The fraction of sp³-hybridized carbons (Fsp3) is 0.200. The van der Waals surface area contributed by atoms with E-state index in [1.165, 1.54) is 16.7 Å². The number of halogens is 1. The standard InChI is InChI=1S/C10H10FN3O/c1-2-14-9(12-13-10(14)15)7-4-3-5-8(11)6-7/h3-6H,2H2,1H3,(H,13,15). The Morgan fingerprint density at radius 2 is 2.33 bits per heavy atom. The number of aromatic nitrogens is 3. The Bertz CT molecular complexity index is 529. The largest absolute Gasteiger partial charge is 0.343 e. The zero-order valence-corrected chi connectivity index (χ0v) is 8.20. The third-order valence-corrected chi connectivity index (χ3v) is 2.16. The Morgan fingerprint density at radius 1 is 1.53 bits per heavy atom. The predicted molar refractivity (Wildman–Crippen MR) is 53.9 cm³/mol. The van der Waals surface area contributed by atoms with Gasteiger partial charge in [0.2, 0.25) is 0 Å². The van der Waals surface area contributed by atoms with E-state index in [1.54, 1.807) is 12.1 Å². The molecular formula is C10H10FN3O. The normalized spacial score (nSPS) is 10.5. The second kappa shape index (κ2) is 3.68. The van der Waals surface area contributed by atoms with Crippen molar-refractivity contribution in [2.75, 3.05) is 0 Å². The highest BCUT2D eigenvalue weighted by Gasteiger charge is 2.08. The summed E-state index contributed by atoms with van der Waals surface area (Å²) in [5.74, 6) is 0.118. The molecule has 0 aliphatic rings. The van der Waals surface area contributed by atoms with Crippen LogP contribution in [0.3, 0.4) is 0 Å². The number of aromatic amines is 1. The van der Waals surface area contributed by atoms with Gasteiger partial charge in [-0.3, -0.25) is 4.57 Å². The van der Waals surface area contributed by atoms with E-state index in [-0.39, 0.29) is 11.5 Å². The van der Waals surface area contributed by atoms with Crippen LogP contribution in [0.15, 0.2) is 29.1 Å². The molecule has 0 aliphatic heterocycles. The van der Waals surface area contributed by atoms with Crippen LogP contribution >= 0.6 is 0 Å². The van der Waals surface area contributed by atoms with Crippen molar-refractivity contribution in [1.82, 2.24) is 14.8 Å². The van der Waals surface area contributed by atoms with Crippen molar-refractivity contribution in [2.24, 2.45) is 0 Å². The number of hydrogen-bond donors (Lipinski definition) is 1. The van der Waals surface area contributed by atoms with E-state index in [0.717, 1.165) is 0 Å². The van der Waals surface area contributed by atoms with E-state index in [0.29, 0.717) is 17.9 Å². The molecule has 0 saturated carbocycles. The van der Waals surface area contributed by atoms with E-state index in [4.69, 9.17) is 0 Å². The highest BCUT2D eigenvalue weighted by molar-refractivity contribution is 5.54.